The monoisotopic (exact) mass is 341 g/mol. The van der Waals surface area contributed by atoms with Gasteiger partial charge in [0.05, 0.1) is 18.3 Å². The van der Waals surface area contributed by atoms with Crippen LogP contribution in [0.15, 0.2) is 29.3 Å². The molecule has 0 aliphatic carbocycles. The topological polar surface area (TPSA) is 105 Å². The summed E-state index contributed by atoms with van der Waals surface area (Å²) < 4.78 is 0. The molecule has 0 aromatic carbocycles. The molecule has 0 spiro atoms. The lowest BCUT2D eigenvalue weighted by atomic mass is 9.86. The fraction of sp³-hybridized carbons (Fsp3) is 0.444. The zero-order chi connectivity index (χ0) is 18.2. The number of hydrogen-bond donors (Lipinski definition) is 2. The molecule has 1 aliphatic heterocycles. The minimum absolute atomic E-state index is 0.108. The van der Waals surface area contributed by atoms with E-state index < -0.39 is 6.04 Å². The van der Waals surface area contributed by atoms with E-state index in [1.165, 1.54) is 0 Å². The van der Waals surface area contributed by atoms with Crippen molar-refractivity contribution in [1.82, 2.24) is 19.9 Å². The Morgan fingerprint density at radius 3 is 2.80 bits per heavy atom. The first kappa shape index (κ1) is 17.3. The predicted molar refractivity (Wildman–Crippen MR) is 94.6 cm³/mol. The van der Waals surface area contributed by atoms with Crippen molar-refractivity contribution in [2.24, 2.45) is 11.1 Å². The molecule has 2 aromatic heterocycles. The fourth-order valence-corrected chi connectivity index (χ4v) is 2.83. The average Bonchev–Trinajstić information content (AvgIpc) is 2.59. The molecule has 132 valence electrons. The van der Waals surface area contributed by atoms with Crippen LogP contribution in [0.4, 0.5) is 0 Å². The molecule has 0 saturated carbocycles. The van der Waals surface area contributed by atoms with Crippen molar-refractivity contribution in [3.63, 3.8) is 0 Å². The molecule has 7 nitrogen and oxygen atoms in total. The van der Waals surface area contributed by atoms with Crippen molar-refractivity contribution < 1.29 is 4.79 Å². The number of nitrogens with one attached hydrogen (secondary N) is 1. The Bertz CT molecular complexity index is 839. The molecule has 3 heterocycles. The molecule has 3 N–H and O–H groups in total. The second kappa shape index (κ2) is 6.40. The van der Waals surface area contributed by atoms with Crippen molar-refractivity contribution in [1.29, 1.82) is 0 Å². The average molecular weight is 341 g/mol. The number of rotatable bonds is 2. The van der Waals surface area contributed by atoms with Gasteiger partial charge in [-0.15, -0.1) is 0 Å². The Hall–Kier alpha value is -2.54. The molecule has 7 heteroatoms. The summed E-state index contributed by atoms with van der Waals surface area (Å²) in [5.41, 5.74) is 7.63. The predicted octanol–water partition coefficient (Wildman–Crippen LogP) is 1.09. The van der Waals surface area contributed by atoms with Crippen molar-refractivity contribution in [2.75, 3.05) is 6.54 Å². The minimum Gasteiger partial charge on any atom is -0.335 e. The molecule has 1 aliphatic rings. The highest BCUT2D eigenvalue weighted by molar-refractivity contribution is 5.82. The quantitative estimate of drug-likeness (QED) is 0.851. The van der Waals surface area contributed by atoms with Gasteiger partial charge in [0, 0.05) is 30.1 Å². The van der Waals surface area contributed by atoms with Gasteiger partial charge >= 0.3 is 0 Å². The number of H-pyrrole nitrogens is 1. The molecular weight excluding hydrogens is 318 g/mol. The number of pyridine rings is 1. The maximum absolute atomic E-state index is 12.7. The third-order valence-electron chi connectivity index (χ3n) is 4.52. The van der Waals surface area contributed by atoms with E-state index in [1.807, 2.05) is 26.8 Å². The van der Waals surface area contributed by atoms with Crippen molar-refractivity contribution in [2.45, 2.75) is 39.8 Å². The number of nitrogens with zero attached hydrogens (tertiary/aromatic N) is 3. The lowest BCUT2D eigenvalue weighted by Gasteiger charge is -2.34. The number of carbonyl (C=O) groups is 1. The lowest BCUT2D eigenvalue weighted by Crippen LogP contribution is -2.52. The molecule has 3 rings (SSSR count). The number of hydrogen-bond acceptors (Lipinski definition) is 5. The van der Waals surface area contributed by atoms with Crippen LogP contribution in [0.3, 0.4) is 0 Å². The number of nitrogens with two attached hydrogens (primary N) is 1. The van der Waals surface area contributed by atoms with Crippen LogP contribution in [-0.4, -0.2) is 38.3 Å². The highest BCUT2D eigenvalue weighted by atomic mass is 16.2. The van der Waals surface area contributed by atoms with Crippen LogP contribution in [0.1, 0.15) is 32.0 Å². The number of aromatic nitrogens is 3. The molecule has 0 fully saturated rings. The summed E-state index contributed by atoms with van der Waals surface area (Å²) in [5, 5.41) is 0. The van der Waals surface area contributed by atoms with Gasteiger partial charge in [0.1, 0.15) is 5.82 Å². The molecule has 1 amide bonds. The first-order chi connectivity index (χ1) is 11.8. The van der Waals surface area contributed by atoms with Gasteiger partial charge in [0.15, 0.2) is 0 Å². The lowest BCUT2D eigenvalue weighted by molar-refractivity contribution is -0.136. The Balaban J connectivity index is 1.91. The summed E-state index contributed by atoms with van der Waals surface area (Å²) in [4.78, 5) is 38.2. The van der Waals surface area contributed by atoms with E-state index in [0.717, 1.165) is 5.56 Å². The van der Waals surface area contributed by atoms with Gasteiger partial charge in [-0.1, -0.05) is 20.8 Å². The van der Waals surface area contributed by atoms with Crippen molar-refractivity contribution in [3.8, 4) is 11.4 Å². The summed E-state index contributed by atoms with van der Waals surface area (Å²) in [6.45, 7) is 6.60. The highest BCUT2D eigenvalue weighted by Gasteiger charge is 2.33. The Labute approximate surface area is 146 Å². The van der Waals surface area contributed by atoms with Gasteiger partial charge in [0.2, 0.25) is 5.91 Å². The van der Waals surface area contributed by atoms with Crippen LogP contribution in [-0.2, 0) is 17.8 Å². The first-order valence-electron chi connectivity index (χ1n) is 8.34. The maximum atomic E-state index is 12.7. The number of fused-ring (bicyclic) bond motifs is 1. The van der Waals surface area contributed by atoms with Crippen LogP contribution < -0.4 is 11.3 Å². The highest BCUT2D eigenvalue weighted by Crippen LogP contribution is 2.23. The van der Waals surface area contributed by atoms with Crippen LogP contribution >= 0.6 is 0 Å². The van der Waals surface area contributed by atoms with Crippen molar-refractivity contribution >= 4 is 5.91 Å². The molecule has 25 heavy (non-hydrogen) atoms. The zero-order valence-corrected chi connectivity index (χ0v) is 14.7. The normalized spacial score (nSPS) is 15.6. The zero-order valence-electron chi connectivity index (χ0n) is 14.7. The van der Waals surface area contributed by atoms with Gasteiger partial charge in [-0.3, -0.25) is 14.6 Å². The standard InChI is InChI=1S/C18H23N5O2/c1-18(2,3)14(19)17(25)23-8-6-12-13(10-23)21-15(22-16(12)24)11-5-4-7-20-9-11/h4-5,7,9,14H,6,8,10,19H2,1-3H3,(H,21,22,24)/t14-/m1/s1. The molecule has 0 bridgehead atoms. The number of aromatic amines is 1. The second-order valence-corrected chi connectivity index (χ2v) is 7.43. The van der Waals surface area contributed by atoms with Crippen LogP contribution in [0.2, 0.25) is 0 Å². The van der Waals surface area contributed by atoms with Crippen molar-refractivity contribution in [3.05, 3.63) is 46.1 Å². The Morgan fingerprint density at radius 1 is 1.40 bits per heavy atom. The van der Waals surface area contributed by atoms with E-state index in [0.29, 0.717) is 36.6 Å². The van der Waals surface area contributed by atoms with Gasteiger partial charge in [-0.25, -0.2) is 4.98 Å². The van der Waals surface area contributed by atoms with Gasteiger partial charge in [-0.05, 0) is 24.0 Å². The van der Waals surface area contributed by atoms with E-state index in [2.05, 4.69) is 15.0 Å². The molecule has 0 unspecified atom stereocenters. The molecular formula is C18H23N5O2. The molecule has 0 radical (unpaired) electrons. The van der Waals surface area contributed by atoms with Gasteiger partial charge in [-0.2, -0.15) is 0 Å². The first-order valence-corrected chi connectivity index (χ1v) is 8.34. The smallest absolute Gasteiger partial charge is 0.254 e. The largest absolute Gasteiger partial charge is 0.335 e. The van der Waals surface area contributed by atoms with E-state index >= 15 is 0 Å². The Morgan fingerprint density at radius 2 is 2.16 bits per heavy atom. The van der Waals surface area contributed by atoms with E-state index in [1.54, 1.807) is 23.4 Å². The third-order valence-corrected chi connectivity index (χ3v) is 4.52. The van der Waals surface area contributed by atoms with Gasteiger partial charge in [0.25, 0.3) is 5.56 Å². The maximum Gasteiger partial charge on any atom is 0.254 e. The van der Waals surface area contributed by atoms with Crippen LogP contribution in [0, 0.1) is 5.41 Å². The second-order valence-electron chi connectivity index (χ2n) is 7.43. The Kier molecular flexibility index (Phi) is 4.43. The fourth-order valence-electron chi connectivity index (χ4n) is 2.83. The summed E-state index contributed by atoms with van der Waals surface area (Å²) in [6, 6.07) is 3.03. The molecule has 1 atom stereocenters. The number of carbonyl (C=O) groups excluding carboxylic acids is 1. The van der Waals surface area contributed by atoms with Crippen LogP contribution in [0.25, 0.3) is 11.4 Å². The van der Waals surface area contributed by atoms with E-state index in [9.17, 15) is 9.59 Å². The minimum atomic E-state index is -0.589. The van der Waals surface area contributed by atoms with Crippen LogP contribution in [0.5, 0.6) is 0 Å². The SMILES string of the molecule is CC(C)(C)[C@H](N)C(=O)N1CCc2c(nc(-c3cccnc3)[nH]c2=O)C1. The number of amides is 1. The summed E-state index contributed by atoms with van der Waals surface area (Å²) in [7, 11) is 0. The molecule has 2 aromatic rings. The summed E-state index contributed by atoms with van der Waals surface area (Å²) in [6.07, 6.45) is 3.79. The van der Waals surface area contributed by atoms with E-state index in [-0.39, 0.29) is 16.9 Å². The summed E-state index contributed by atoms with van der Waals surface area (Å²) >= 11 is 0. The van der Waals surface area contributed by atoms with E-state index in [4.69, 9.17) is 5.73 Å². The molecule has 0 saturated heterocycles. The summed E-state index contributed by atoms with van der Waals surface area (Å²) in [5.74, 6) is 0.356. The van der Waals surface area contributed by atoms with Gasteiger partial charge < -0.3 is 15.6 Å². The third kappa shape index (κ3) is 3.46.